The fourth-order valence-electron chi connectivity index (χ4n) is 4.56. The molecule has 126 valence electrons. The molecule has 27 heavy (non-hydrogen) atoms. The zero-order chi connectivity index (χ0) is 18.2. The van der Waals surface area contributed by atoms with Crippen LogP contribution in [0.5, 0.6) is 0 Å². The Bertz CT molecular complexity index is 1220. The molecule has 0 fully saturated rings. The summed E-state index contributed by atoms with van der Waals surface area (Å²) in [5.74, 6) is -0.403. The smallest absolute Gasteiger partial charge is 0.214 e. The van der Waals surface area contributed by atoms with Crippen LogP contribution >= 0.6 is 0 Å². The maximum absolute atomic E-state index is 13.5. The Labute approximate surface area is 154 Å². The highest BCUT2D eigenvalue weighted by Crippen LogP contribution is 2.58. The monoisotopic (exact) mass is 348 g/mol. The van der Waals surface area contributed by atoms with Gasteiger partial charge in [-0.25, -0.2) is 0 Å². The Morgan fingerprint density at radius 2 is 1.07 bits per heavy atom. The van der Waals surface area contributed by atoms with Crippen LogP contribution in [0.1, 0.15) is 31.8 Å². The predicted octanol–water partition coefficient (Wildman–Crippen LogP) is 4.71. The second kappa shape index (κ2) is 4.74. The third kappa shape index (κ3) is 1.55. The van der Waals surface area contributed by atoms with Crippen molar-refractivity contribution in [2.75, 3.05) is 0 Å². The number of hydrogen-bond donors (Lipinski definition) is 0. The molecule has 1 spiro atoms. The molecule has 6 rings (SSSR count). The van der Waals surface area contributed by atoms with Gasteiger partial charge in [-0.1, -0.05) is 72.8 Å². The highest BCUT2D eigenvalue weighted by molar-refractivity contribution is 6.28. The van der Waals surface area contributed by atoms with E-state index in [0.717, 1.165) is 22.3 Å². The van der Waals surface area contributed by atoms with Crippen LogP contribution < -0.4 is 0 Å². The minimum atomic E-state index is -1.04. The molecule has 1 heterocycles. The van der Waals surface area contributed by atoms with Crippen molar-refractivity contribution >= 4 is 11.6 Å². The number of hydrogen-bond acceptors (Lipinski definition) is 4. The van der Waals surface area contributed by atoms with Crippen molar-refractivity contribution in [3.05, 3.63) is 106 Å². The second-order valence-electron chi connectivity index (χ2n) is 6.93. The lowest BCUT2D eigenvalue weighted by Gasteiger charge is -2.27. The summed E-state index contributed by atoms with van der Waals surface area (Å²) in [4.78, 5) is 26.5. The van der Waals surface area contributed by atoms with Crippen molar-refractivity contribution in [1.82, 2.24) is 0 Å². The molecule has 0 atom stereocenters. The molecule has 0 unspecified atom stereocenters. The molecule has 2 aliphatic carbocycles. The number of fused-ring (bicyclic) bond motifs is 7. The molecule has 0 aromatic heterocycles. The molecule has 0 amide bonds. The summed E-state index contributed by atoms with van der Waals surface area (Å²) in [7, 11) is 0. The first-order chi connectivity index (χ1) is 13.2. The van der Waals surface area contributed by atoms with Gasteiger partial charge in [0.1, 0.15) is 5.70 Å². The topological polar surface area (TPSA) is 58.9 Å². The summed E-state index contributed by atoms with van der Waals surface area (Å²) in [6.07, 6.45) is 0. The fourth-order valence-corrected chi connectivity index (χ4v) is 4.56. The van der Waals surface area contributed by atoms with E-state index in [0.29, 0.717) is 16.7 Å². The summed E-state index contributed by atoms with van der Waals surface area (Å²) in [5.41, 5.74) is 4.20. The van der Waals surface area contributed by atoms with E-state index >= 15 is 0 Å². The van der Waals surface area contributed by atoms with Crippen LogP contribution in [-0.4, -0.2) is 11.6 Å². The van der Waals surface area contributed by atoms with Crippen molar-refractivity contribution in [3.8, 4) is 11.1 Å². The lowest BCUT2D eigenvalue weighted by molar-refractivity contribution is 0.0969. The number of azo groups is 1. The average molecular weight is 348 g/mol. The number of ketones is 2. The molecule has 0 radical (unpaired) electrons. The van der Waals surface area contributed by atoms with Crippen LogP contribution in [0, 0.1) is 0 Å². The standard InChI is InChI=1S/C23H12N2O2/c26-21-15-9-1-2-10-16(15)22(27)20-19(21)23(25-24-20)17-11-5-3-7-13(17)14-8-4-6-12-18(14)23/h1-12H. The van der Waals surface area contributed by atoms with Gasteiger partial charge in [-0.3, -0.25) is 9.59 Å². The van der Waals surface area contributed by atoms with E-state index in [1.807, 2.05) is 48.5 Å². The maximum Gasteiger partial charge on any atom is 0.214 e. The number of benzene rings is 3. The minimum Gasteiger partial charge on any atom is -0.289 e. The van der Waals surface area contributed by atoms with E-state index in [1.54, 1.807) is 24.3 Å². The van der Waals surface area contributed by atoms with E-state index in [-0.39, 0.29) is 17.3 Å². The molecule has 4 nitrogen and oxygen atoms in total. The first-order valence-corrected chi connectivity index (χ1v) is 8.79. The van der Waals surface area contributed by atoms with Gasteiger partial charge < -0.3 is 0 Å². The Balaban J connectivity index is 1.73. The van der Waals surface area contributed by atoms with E-state index in [1.165, 1.54) is 0 Å². The molecular weight excluding hydrogens is 336 g/mol. The molecule has 4 heteroatoms. The Morgan fingerprint density at radius 1 is 0.593 bits per heavy atom. The van der Waals surface area contributed by atoms with Crippen LogP contribution in [0.25, 0.3) is 11.1 Å². The highest BCUT2D eigenvalue weighted by atomic mass is 16.1. The summed E-state index contributed by atoms with van der Waals surface area (Å²) in [5, 5.41) is 8.84. The number of carbonyl (C=O) groups excluding carboxylic acids is 2. The molecule has 0 saturated carbocycles. The molecule has 3 aromatic carbocycles. The predicted molar refractivity (Wildman–Crippen MR) is 99.6 cm³/mol. The lowest BCUT2D eigenvalue weighted by atomic mass is 9.74. The van der Waals surface area contributed by atoms with Crippen molar-refractivity contribution < 1.29 is 9.59 Å². The van der Waals surface area contributed by atoms with E-state index < -0.39 is 5.54 Å². The van der Waals surface area contributed by atoms with Crippen molar-refractivity contribution in [3.63, 3.8) is 0 Å². The molecule has 0 N–H and O–H groups in total. The molecular formula is C23H12N2O2. The molecule has 3 aliphatic rings. The molecule has 0 bridgehead atoms. The summed E-state index contributed by atoms with van der Waals surface area (Å²) in [6.45, 7) is 0. The van der Waals surface area contributed by atoms with Crippen LogP contribution in [0.2, 0.25) is 0 Å². The number of rotatable bonds is 0. The summed E-state index contributed by atoms with van der Waals surface area (Å²) >= 11 is 0. The van der Waals surface area contributed by atoms with Gasteiger partial charge in [0.25, 0.3) is 0 Å². The van der Waals surface area contributed by atoms with Crippen LogP contribution in [0.4, 0.5) is 0 Å². The van der Waals surface area contributed by atoms with Gasteiger partial charge in [0.15, 0.2) is 11.3 Å². The van der Waals surface area contributed by atoms with Gasteiger partial charge in [0.2, 0.25) is 5.78 Å². The van der Waals surface area contributed by atoms with E-state index in [9.17, 15) is 9.59 Å². The second-order valence-corrected chi connectivity index (χ2v) is 6.93. The largest absolute Gasteiger partial charge is 0.289 e. The Hall–Kier alpha value is -3.66. The van der Waals surface area contributed by atoms with E-state index in [4.69, 9.17) is 0 Å². The van der Waals surface area contributed by atoms with Gasteiger partial charge in [-0.05, 0) is 22.3 Å². The minimum absolute atomic E-state index is 0.170. The van der Waals surface area contributed by atoms with Gasteiger partial charge in [-0.15, -0.1) is 5.11 Å². The quantitative estimate of drug-likeness (QED) is 0.591. The fraction of sp³-hybridized carbons (Fsp3) is 0.0435. The van der Waals surface area contributed by atoms with Crippen LogP contribution in [0.3, 0.4) is 0 Å². The number of Topliss-reactive ketones (excluding diaryl/α,β-unsaturated/α-hetero) is 2. The van der Waals surface area contributed by atoms with E-state index in [2.05, 4.69) is 10.2 Å². The third-order valence-corrected chi connectivity index (χ3v) is 5.68. The summed E-state index contributed by atoms with van der Waals surface area (Å²) < 4.78 is 0. The van der Waals surface area contributed by atoms with Gasteiger partial charge >= 0.3 is 0 Å². The zero-order valence-electron chi connectivity index (χ0n) is 14.1. The maximum atomic E-state index is 13.5. The first kappa shape index (κ1) is 14.5. The van der Waals surface area contributed by atoms with Gasteiger partial charge in [0.05, 0.1) is 5.57 Å². The number of carbonyl (C=O) groups is 2. The number of nitrogens with zero attached hydrogens (tertiary/aromatic N) is 2. The normalized spacial score (nSPS) is 17.8. The highest BCUT2D eigenvalue weighted by Gasteiger charge is 2.55. The van der Waals surface area contributed by atoms with Crippen molar-refractivity contribution in [2.24, 2.45) is 10.2 Å². The first-order valence-electron chi connectivity index (χ1n) is 8.79. The number of allylic oxidation sites excluding steroid dienone is 1. The average Bonchev–Trinajstić information content (AvgIpc) is 3.26. The van der Waals surface area contributed by atoms with Crippen LogP contribution in [0.15, 0.2) is 94.3 Å². The zero-order valence-corrected chi connectivity index (χ0v) is 14.1. The van der Waals surface area contributed by atoms with Crippen molar-refractivity contribution in [1.29, 1.82) is 0 Å². The van der Waals surface area contributed by atoms with Crippen LogP contribution in [-0.2, 0) is 5.54 Å². The van der Waals surface area contributed by atoms with Gasteiger partial charge in [-0.2, -0.15) is 5.11 Å². The Morgan fingerprint density at radius 3 is 1.67 bits per heavy atom. The lowest BCUT2D eigenvalue weighted by Crippen LogP contribution is -2.32. The summed E-state index contributed by atoms with van der Waals surface area (Å²) in [6, 6.07) is 22.7. The molecule has 1 aliphatic heterocycles. The van der Waals surface area contributed by atoms with Crippen molar-refractivity contribution in [2.45, 2.75) is 5.54 Å². The SMILES string of the molecule is O=C1C2=C(C(=O)c3ccccc31)C1(N=N2)c2ccccc2-c2ccccc21. The Kier molecular flexibility index (Phi) is 2.54. The van der Waals surface area contributed by atoms with Gasteiger partial charge in [0, 0.05) is 11.1 Å². The molecule has 0 saturated heterocycles. The molecule has 3 aromatic rings. The third-order valence-electron chi connectivity index (χ3n) is 5.68.